The number of rotatable bonds is 2. The molecule has 0 spiro atoms. The number of aromatic nitrogens is 1. The van der Waals surface area contributed by atoms with Crippen molar-refractivity contribution in [3.05, 3.63) is 22.5 Å². The number of aromatic amines is 1. The molecule has 0 aromatic carbocycles. The standard InChI is InChI=1S/C12H16ClNO2/c1-7-6-10(14-11(7)13)8-2-4-9(5-3-8)12(15)16/h6,8-9,14H,2-5H2,1H3,(H,15,16). The summed E-state index contributed by atoms with van der Waals surface area (Å²) in [5.74, 6) is -0.358. The van der Waals surface area contributed by atoms with Crippen LogP contribution in [0.2, 0.25) is 5.15 Å². The molecule has 3 nitrogen and oxygen atoms in total. The third-order valence-electron chi connectivity index (χ3n) is 3.49. The smallest absolute Gasteiger partial charge is 0.306 e. The molecule has 2 rings (SSSR count). The van der Waals surface area contributed by atoms with E-state index in [1.54, 1.807) is 0 Å². The minimum atomic E-state index is -0.654. The van der Waals surface area contributed by atoms with E-state index in [-0.39, 0.29) is 5.92 Å². The van der Waals surface area contributed by atoms with E-state index < -0.39 is 5.97 Å². The molecular weight excluding hydrogens is 226 g/mol. The molecule has 0 bridgehead atoms. The SMILES string of the molecule is Cc1cc(C2CCC(C(=O)O)CC2)[nH]c1Cl. The lowest BCUT2D eigenvalue weighted by atomic mass is 9.80. The fourth-order valence-electron chi connectivity index (χ4n) is 2.43. The van der Waals surface area contributed by atoms with Crippen LogP contribution < -0.4 is 0 Å². The van der Waals surface area contributed by atoms with E-state index in [4.69, 9.17) is 16.7 Å². The number of hydrogen-bond acceptors (Lipinski definition) is 1. The van der Waals surface area contributed by atoms with Gasteiger partial charge in [0.25, 0.3) is 0 Å². The lowest BCUT2D eigenvalue weighted by molar-refractivity contribution is -0.142. The molecule has 2 N–H and O–H groups in total. The largest absolute Gasteiger partial charge is 0.481 e. The molecule has 1 aromatic heterocycles. The zero-order chi connectivity index (χ0) is 11.7. The van der Waals surface area contributed by atoms with Crippen molar-refractivity contribution in [3.63, 3.8) is 0 Å². The van der Waals surface area contributed by atoms with Crippen LogP contribution in [0.25, 0.3) is 0 Å². The third kappa shape index (κ3) is 2.24. The zero-order valence-electron chi connectivity index (χ0n) is 9.29. The van der Waals surface area contributed by atoms with E-state index >= 15 is 0 Å². The van der Waals surface area contributed by atoms with Gasteiger partial charge in [0, 0.05) is 5.69 Å². The second-order valence-corrected chi connectivity index (χ2v) is 4.99. The van der Waals surface area contributed by atoms with Crippen LogP contribution in [0.15, 0.2) is 6.07 Å². The van der Waals surface area contributed by atoms with Crippen LogP contribution in [-0.2, 0) is 4.79 Å². The minimum absolute atomic E-state index is 0.150. The van der Waals surface area contributed by atoms with Crippen molar-refractivity contribution in [1.29, 1.82) is 0 Å². The number of carboxylic acid groups (broad SMARTS) is 1. The minimum Gasteiger partial charge on any atom is -0.481 e. The number of H-pyrrole nitrogens is 1. The van der Waals surface area contributed by atoms with E-state index in [1.165, 1.54) is 0 Å². The highest BCUT2D eigenvalue weighted by molar-refractivity contribution is 6.30. The number of carboxylic acids is 1. The Morgan fingerprint density at radius 3 is 2.50 bits per heavy atom. The van der Waals surface area contributed by atoms with Gasteiger partial charge in [-0.3, -0.25) is 4.79 Å². The van der Waals surface area contributed by atoms with Gasteiger partial charge in [-0.05, 0) is 50.2 Å². The van der Waals surface area contributed by atoms with Crippen molar-refractivity contribution < 1.29 is 9.90 Å². The van der Waals surface area contributed by atoms with Gasteiger partial charge in [-0.2, -0.15) is 0 Å². The Kier molecular flexibility index (Phi) is 3.24. The van der Waals surface area contributed by atoms with Gasteiger partial charge in [0.15, 0.2) is 0 Å². The van der Waals surface area contributed by atoms with Crippen molar-refractivity contribution in [2.75, 3.05) is 0 Å². The topological polar surface area (TPSA) is 53.1 Å². The Morgan fingerprint density at radius 1 is 1.44 bits per heavy atom. The van der Waals surface area contributed by atoms with Crippen LogP contribution >= 0.6 is 11.6 Å². The summed E-state index contributed by atoms with van der Waals surface area (Å²) >= 11 is 5.98. The number of nitrogens with one attached hydrogen (secondary N) is 1. The van der Waals surface area contributed by atoms with Gasteiger partial charge in [-0.1, -0.05) is 11.6 Å². The zero-order valence-corrected chi connectivity index (χ0v) is 10.0. The molecule has 88 valence electrons. The summed E-state index contributed by atoms with van der Waals surface area (Å²) in [6, 6.07) is 2.08. The summed E-state index contributed by atoms with van der Waals surface area (Å²) in [5, 5.41) is 9.62. The molecule has 0 unspecified atom stereocenters. The van der Waals surface area contributed by atoms with Crippen molar-refractivity contribution in [3.8, 4) is 0 Å². The second kappa shape index (κ2) is 4.50. The summed E-state index contributed by atoms with van der Waals surface area (Å²) in [6.07, 6.45) is 3.42. The van der Waals surface area contributed by atoms with Crippen LogP contribution in [-0.4, -0.2) is 16.1 Å². The van der Waals surface area contributed by atoms with Gasteiger partial charge in [-0.25, -0.2) is 0 Å². The average Bonchev–Trinajstić information content (AvgIpc) is 2.59. The normalized spacial score (nSPS) is 25.6. The Bertz CT molecular complexity index is 372. The van der Waals surface area contributed by atoms with E-state index in [2.05, 4.69) is 11.1 Å². The molecular formula is C12H16ClNO2. The molecule has 1 aliphatic carbocycles. The predicted octanol–water partition coefficient (Wildman–Crippen LogP) is 3.33. The summed E-state index contributed by atoms with van der Waals surface area (Å²) in [6.45, 7) is 1.98. The molecule has 0 aliphatic heterocycles. The van der Waals surface area contributed by atoms with Crippen molar-refractivity contribution in [2.45, 2.75) is 38.5 Å². The molecule has 4 heteroatoms. The Hall–Kier alpha value is -0.960. The highest BCUT2D eigenvalue weighted by Crippen LogP contribution is 2.36. The maximum absolute atomic E-state index is 10.8. The second-order valence-electron chi connectivity index (χ2n) is 4.61. The first kappa shape index (κ1) is 11.5. The molecule has 0 atom stereocenters. The van der Waals surface area contributed by atoms with E-state index in [9.17, 15) is 4.79 Å². The fraction of sp³-hybridized carbons (Fsp3) is 0.583. The molecule has 0 radical (unpaired) electrons. The molecule has 1 aromatic rings. The number of hydrogen-bond donors (Lipinski definition) is 2. The molecule has 1 aliphatic rings. The quantitative estimate of drug-likeness (QED) is 0.835. The van der Waals surface area contributed by atoms with Crippen LogP contribution in [0.5, 0.6) is 0 Å². The molecule has 0 saturated heterocycles. The molecule has 0 amide bonds. The third-order valence-corrected chi connectivity index (χ3v) is 3.88. The van der Waals surface area contributed by atoms with Gasteiger partial charge in [0.2, 0.25) is 0 Å². The molecule has 1 fully saturated rings. The number of aliphatic carboxylic acids is 1. The maximum atomic E-state index is 10.8. The van der Waals surface area contributed by atoms with E-state index in [1.807, 2.05) is 6.92 Å². The van der Waals surface area contributed by atoms with Gasteiger partial charge in [-0.15, -0.1) is 0 Å². The van der Waals surface area contributed by atoms with Crippen LogP contribution in [0.3, 0.4) is 0 Å². The highest BCUT2D eigenvalue weighted by Gasteiger charge is 2.27. The average molecular weight is 242 g/mol. The highest BCUT2D eigenvalue weighted by atomic mass is 35.5. The van der Waals surface area contributed by atoms with Crippen molar-refractivity contribution >= 4 is 17.6 Å². The van der Waals surface area contributed by atoms with Crippen molar-refractivity contribution in [2.24, 2.45) is 5.92 Å². The first-order valence-electron chi connectivity index (χ1n) is 5.65. The van der Waals surface area contributed by atoms with Crippen LogP contribution in [0.4, 0.5) is 0 Å². The summed E-state index contributed by atoms with van der Waals surface area (Å²) < 4.78 is 0. The summed E-state index contributed by atoms with van der Waals surface area (Å²) in [7, 11) is 0. The Morgan fingerprint density at radius 2 is 2.06 bits per heavy atom. The predicted molar refractivity (Wildman–Crippen MR) is 62.9 cm³/mol. The van der Waals surface area contributed by atoms with E-state index in [0.717, 1.165) is 36.9 Å². The number of halogens is 1. The Balaban J connectivity index is 2.01. The maximum Gasteiger partial charge on any atom is 0.306 e. The lowest BCUT2D eigenvalue weighted by Crippen LogP contribution is -2.20. The van der Waals surface area contributed by atoms with Crippen LogP contribution in [0.1, 0.15) is 42.9 Å². The van der Waals surface area contributed by atoms with E-state index in [0.29, 0.717) is 11.1 Å². The number of aryl methyl sites for hydroxylation is 1. The first-order valence-corrected chi connectivity index (χ1v) is 6.03. The number of carbonyl (C=O) groups is 1. The van der Waals surface area contributed by atoms with Gasteiger partial charge in [0.05, 0.1) is 5.92 Å². The van der Waals surface area contributed by atoms with Gasteiger partial charge >= 0.3 is 5.97 Å². The van der Waals surface area contributed by atoms with Crippen LogP contribution in [0, 0.1) is 12.8 Å². The monoisotopic (exact) mass is 241 g/mol. The van der Waals surface area contributed by atoms with Gasteiger partial charge in [0.1, 0.15) is 5.15 Å². The fourth-order valence-corrected chi connectivity index (χ4v) is 2.59. The lowest BCUT2D eigenvalue weighted by Gasteiger charge is -2.25. The molecule has 1 heterocycles. The Labute approximate surface area is 99.8 Å². The molecule has 16 heavy (non-hydrogen) atoms. The molecule has 1 saturated carbocycles. The summed E-state index contributed by atoms with van der Waals surface area (Å²) in [5.41, 5.74) is 2.23. The van der Waals surface area contributed by atoms with Crippen molar-refractivity contribution in [1.82, 2.24) is 4.98 Å². The van der Waals surface area contributed by atoms with Gasteiger partial charge < -0.3 is 10.1 Å². The first-order chi connectivity index (χ1) is 7.58. The summed E-state index contributed by atoms with van der Waals surface area (Å²) in [4.78, 5) is 14.0.